The van der Waals surface area contributed by atoms with E-state index >= 15 is 0 Å². The summed E-state index contributed by atoms with van der Waals surface area (Å²) in [7, 11) is 0. The van der Waals surface area contributed by atoms with Crippen LogP contribution in [0.5, 0.6) is 5.75 Å². The average Bonchev–Trinajstić information content (AvgIpc) is 3.16. The molecule has 1 saturated heterocycles. The van der Waals surface area contributed by atoms with Crippen LogP contribution >= 0.6 is 11.3 Å². The molecule has 0 aliphatic carbocycles. The van der Waals surface area contributed by atoms with E-state index in [9.17, 15) is 13.6 Å². The van der Waals surface area contributed by atoms with Crippen LogP contribution < -0.4 is 4.74 Å². The van der Waals surface area contributed by atoms with Crippen molar-refractivity contribution in [2.45, 2.75) is 6.42 Å². The summed E-state index contributed by atoms with van der Waals surface area (Å²) in [6.45, 7) is 1.59. The number of halogens is 2. The third kappa shape index (κ3) is 3.48. The molecular formula is C15H13F2NO4S. The second-order valence-corrected chi connectivity index (χ2v) is 6.00. The molecule has 0 bridgehead atoms. The van der Waals surface area contributed by atoms with Crippen LogP contribution in [0.4, 0.5) is 8.78 Å². The van der Waals surface area contributed by atoms with E-state index in [2.05, 4.69) is 4.98 Å². The molecule has 0 spiro atoms. The van der Waals surface area contributed by atoms with Crippen molar-refractivity contribution >= 4 is 17.3 Å². The highest BCUT2D eigenvalue weighted by Crippen LogP contribution is 2.32. The molecule has 1 aliphatic heterocycles. The normalized spacial score (nSPS) is 17.4. The number of thiazole rings is 1. The summed E-state index contributed by atoms with van der Waals surface area (Å²) in [6.07, 6.45) is 0.861. The maximum atomic E-state index is 14.2. The number of hydrogen-bond donors (Lipinski definition) is 1. The molecule has 1 aromatic heterocycles. The first-order chi connectivity index (χ1) is 11.0. The van der Waals surface area contributed by atoms with E-state index in [4.69, 9.17) is 14.6 Å². The topological polar surface area (TPSA) is 68.7 Å². The average molecular weight is 341 g/mol. The van der Waals surface area contributed by atoms with Crippen LogP contribution in [0.25, 0.3) is 10.6 Å². The van der Waals surface area contributed by atoms with Gasteiger partial charge in [-0.25, -0.2) is 18.6 Å². The molecule has 3 rings (SSSR count). The number of ether oxygens (including phenoxy) is 2. The molecule has 2 heterocycles. The van der Waals surface area contributed by atoms with Crippen LogP contribution in [0.3, 0.4) is 0 Å². The molecule has 0 saturated carbocycles. The monoisotopic (exact) mass is 341 g/mol. The fourth-order valence-electron chi connectivity index (χ4n) is 2.25. The third-order valence-corrected chi connectivity index (χ3v) is 4.32. The number of rotatable bonds is 5. The standard InChI is InChI=1S/C15H13F2NO4S/c16-10-3-9(22-6-8-1-2-21-5-8)4-11(17)13(10)14-18-12(7-23-14)15(19)20/h3-4,7-8H,1-2,5-6H2,(H,19,20)/t8-/m1/s1. The van der Waals surface area contributed by atoms with E-state index in [1.54, 1.807) is 0 Å². The van der Waals surface area contributed by atoms with Crippen molar-refractivity contribution in [3.05, 3.63) is 34.8 Å². The van der Waals surface area contributed by atoms with Crippen LogP contribution in [0.1, 0.15) is 16.9 Å². The molecule has 1 aromatic carbocycles. The van der Waals surface area contributed by atoms with Crippen LogP contribution in [0, 0.1) is 17.6 Å². The quantitative estimate of drug-likeness (QED) is 0.904. The van der Waals surface area contributed by atoms with Crippen LogP contribution in [-0.2, 0) is 4.74 Å². The van der Waals surface area contributed by atoms with Gasteiger partial charge in [-0.1, -0.05) is 0 Å². The summed E-state index contributed by atoms with van der Waals surface area (Å²) in [5.74, 6) is -2.61. The Morgan fingerprint density at radius 2 is 2.17 bits per heavy atom. The molecule has 1 aliphatic rings. The molecule has 5 nitrogen and oxygen atoms in total. The highest BCUT2D eigenvalue weighted by Gasteiger charge is 2.20. The number of aromatic carboxylic acids is 1. The van der Waals surface area contributed by atoms with Crippen LogP contribution in [0.15, 0.2) is 17.5 Å². The number of carbonyl (C=O) groups is 1. The molecule has 8 heteroatoms. The Hall–Kier alpha value is -2.06. The highest BCUT2D eigenvalue weighted by molar-refractivity contribution is 7.13. The van der Waals surface area contributed by atoms with Gasteiger partial charge in [-0.3, -0.25) is 0 Å². The first kappa shape index (κ1) is 15.8. The number of nitrogens with zero attached hydrogens (tertiary/aromatic N) is 1. The van der Waals surface area contributed by atoms with Gasteiger partial charge in [-0.2, -0.15) is 0 Å². The lowest BCUT2D eigenvalue weighted by molar-refractivity contribution is 0.0691. The molecule has 2 aromatic rings. The minimum Gasteiger partial charge on any atom is -0.493 e. The Bertz CT molecular complexity index is 705. The predicted molar refractivity (Wildman–Crippen MR) is 78.8 cm³/mol. The molecule has 1 fully saturated rings. The first-order valence-corrected chi connectivity index (χ1v) is 7.81. The van der Waals surface area contributed by atoms with Gasteiger partial charge in [-0.15, -0.1) is 11.3 Å². The van der Waals surface area contributed by atoms with Crippen molar-refractivity contribution in [3.63, 3.8) is 0 Å². The predicted octanol–water partition coefficient (Wildman–Crippen LogP) is 3.20. The van der Waals surface area contributed by atoms with E-state index in [0.717, 1.165) is 29.9 Å². The molecule has 122 valence electrons. The Labute approximate surface area is 134 Å². The van der Waals surface area contributed by atoms with Crippen molar-refractivity contribution in [2.24, 2.45) is 5.92 Å². The van der Waals surface area contributed by atoms with Gasteiger partial charge in [0.1, 0.15) is 22.4 Å². The van der Waals surface area contributed by atoms with Gasteiger partial charge in [0.05, 0.1) is 18.8 Å². The lowest BCUT2D eigenvalue weighted by Gasteiger charge is -2.11. The maximum Gasteiger partial charge on any atom is 0.355 e. The second-order valence-electron chi connectivity index (χ2n) is 5.15. The summed E-state index contributed by atoms with van der Waals surface area (Å²) in [4.78, 5) is 14.5. The Morgan fingerprint density at radius 3 is 2.74 bits per heavy atom. The minimum atomic E-state index is -1.24. The van der Waals surface area contributed by atoms with Crippen molar-refractivity contribution in [1.29, 1.82) is 0 Å². The zero-order chi connectivity index (χ0) is 16.4. The Morgan fingerprint density at radius 1 is 1.43 bits per heavy atom. The van der Waals surface area contributed by atoms with Gasteiger partial charge in [-0.05, 0) is 6.42 Å². The highest BCUT2D eigenvalue weighted by atomic mass is 32.1. The van der Waals surface area contributed by atoms with E-state index in [1.807, 2.05) is 0 Å². The first-order valence-electron chi connectivity index (χ1n) is 6.93. The second kappa shape index (κ2) is 6.59. The summed E-state index contributed by atoms with van der Waals surface area (Å²) in [5.41, 5.74) is -0.593. The Balaban J connectivity index is 1.80. The molecule has 0 unspecified atom stereocenters. The van der Waals surface area contributed by atoms with Crippen LogP contribution in [0.2, 0.25) is 0 Å². The number of carboxylic acid groups (broad SMARTS) is 1. The molecule has 1 atom stereocenters. The van der Waals surface area contributed by atoms with Crippen molar-refractivity contribution in [1.82, 2.24) is 4.98 Å². The fraction of sp³-hybridized carbons (Fsp3) is 0.333. The number of hydrogen-bond acceptors (Lipinski definition) is 5. The largest absolute Gasteiger partial charge is 0.493 e. The zero-order valence-corrected chi connectivity index (χ0v) is 12.7. The number of aromatic nitrogens is 1. The van der Waals surface area contributed by atoms with Crippen molar-refractivity contribution in [2.75, 3.05) is 19.8 Å². The van der Waals surface area contributed by atoms with Gasteiger partial charge in [0, 0.05) is 30.0 Å². The van der Waals surface area contributed by atoms with E-state index < -0.39 is 17.6 Å². The molecular weight excluding hydrogens is 328 g/mol. The van der Waals surface area contributed by atoms with Crippen molar-refractivity contribution in [3.8, 4) is 16.3 Å². The van der Waals surface area contributed by atoms with E-state index in [0.29, 0.717) is 19.8 Å². The SMILES string of the molecule is O=C(O)c1csc(-c2c(F)cc(OC[C@@H]3CCOC3)cc2F)n1. The van der Waals surface area contributed by atoms with Gasteiger partial charge in [0.15, 0.2) is 5.69 Å². The number of carboxylic acids is 1. The number of benzene rings is 1. The lowest BCUT2D eigenvalue weighted by atomic mass is 10.1. The Kier molecular flexibility index (Phi) is 4.53. The van der Waals surface area contributed by atoms with Gasteiger partial charge in [0.2, 0.25) is 0 Å². The minimum absolute atomic E-state index is 0.0202. The van der Waals surface area contributed by atoms with E-state index in [-0.39, 0.29) is 27.9 Å². The zero-order valence-electron chi connectivity index (χ0n) is 11.9. The van der Waals surface area contributed by atoms with Crippen molar-refractivity contribution < 1.29 is 28.2 Å². The fourth-order valence-corrected chi connectivity index (χ4v) is 3.09. The maximum absolute atomic E-state index is 14.2. The summed E-state index contributed by atoms with van der Waals surface area (Å²) >= 11 is 0.870. The summed E-state index contributed by atoms with van der Waals surface area (Å²) in [6, 6.07) is 2.16. The lowest BCUT2D eigenvalue weighted by Crippen LogP contribution is -2.12. The third-order valence-electron chi connectivity index (χ3n) is 3.46. The van der Waals surface area contributed by atoms with Crippen LogP contribution in [-0.4, -0.2) is 35.9 Å². The summed E-state index contributed by atoms with van der Waals surface area (Å²) in [5, 5.41) is 10.0. The van der Waals surface area contributed by atoms with Gasteiger partial charge >= 0.3 is 5.97 Å². The van der Waals surface area contributed by atoms with Gasteiger partial charge in [0.25, 0.3) is 0 Å². The molecule has 0 amide bonds. The molecule has 0 radical (unpaired) electrons. The molecule has 23 heavy (non-hydrogen) atoms. The smallest absolute Gasteiger partial charge is 0.355 e. The molecule has 1 N–H and O–H groups in total. The summed E-state index contributed by atoms with van der Waals surface area (Å²) < 4.78 is 39.0. The van der Waals surface area contributed by atoms with Gasteiger partial charge < -0.3 is 14.6 Å². The van der Waals surface area contributed by atoms with E-state index in [1.165, 1.54) is 5.38 Å².